The van der Waals surface area contributed by atoms with Crippen molar-refractivity contribution in [3.05, 3.63) is 52.3 Å². The molecular weight excluding hydrogens is 322 g/mol. The third kappa shape index (κ3) is 5.10. The fourth-order valence-corrected chi connectivity index (χ4v) is 3.16. The SMILES string of the molecule is CN=C(NCC(C)c1ccc(C)cc1)NC(C)Cc1c(C)nn(C)c1C. The van der Waals surface area contributed by atoms with Crippen molar-refractivity contribution in [1.82, 2.24) is 20.4 Å². The highest BCUT2D eigenvalue weighted by atomic mass is 15.3. The standard InChI is InChI=1S/C21H33N5/c1-14-8-10-19(11-9-14)15(2)13-23-21(22-6)24-16(3)12-20-17(4)25-26(7)18(20)5/h8-11,15-16H,12-13H2,1-7H3,(H2,22,23,24). The number of aliphatic imine (C=N–C) groups is 1. The molecule has 0 aliphatic heterocycles. The summed E-state index contributed by atoms with van der Waals surface area (Å²) in [4.78, 5) is 4.37. The van der Waals surface area contributed by atoms with Gasteiger partial charge in [-0.25, -0.2) is 0 Å². The van der Waals surface area contributed by atoms with Crippen LogP contribution in [0, 0.1) is 20.8 Å². The van der Waals surface area contributed by atoms with Crippen LogP contribution >= 0.6 is 0 Å². The lowest BCUT2D eigenvalue weighted by molar-refractivity contribution is 0.624. The number of rotatable bonds is 6. The Morgan fingerprint density at radius 2 is 1.81 bits per heavy atom. The molecule has 5 nitrogen and oxygen atoms in total. The van der Waals surface area contributed by atoms with E-state index in [1.54, 1.807) is 0 Å². The number of aryl methyl sites for hydroxylation is 3. The minimum absolute atomic E-state index is 0.275. The molecule has 5 heteroatoms. The number of nitrogens with one attached hydrogen (secondary N) is 2. The molecule has 0 amide bonds. The Morgan fingerprint density at radius 1 is 1.15 bits per heavy atom. The molecule has 0 saturated carbocycles. The molecule has 2 aromatic rings. The summed E-state index contributed by atoms with van der Waals surface area (Å²) in [6, 6.07) is 9.01. The summed E-state index contributed by atoms with van der Waals surface area (Å²) in [6.07, 6.45) is 0.930. The molecule has 1 heterocycles. The minimum Gasteiger partial charge on any atom is -0.356 e. The fraction of sp³-hybridized carbons (Fsp3) is 0.524. The van der Waals surface area contributed by atoms with Gasteiger partial charge in [-0.1, -0.05) is 36.8 Å². The average Bonchev–Trinajstić information content (AvgIpc) is 2.85. The maximum absolute atomic E-state index is 4.51. The van der Waals surface area contributed by atoms with E-state index in [9.17, 15) is 0 Å². The van der Waals surface area contributed by atoms with Crippen LogP contribution in [0.3, 0.4) is 0 Å². The molecule has 0 aliphatic rings. The van der Waals surface area contributed by atoms with E-state index in [1.807, 2.05) is 18.8 Å². The van der Waals surface area contributed by atoms with Crippen LogP contribution in [0.5, 0.6) is 0 Å². The quantitative estimate of drug-likeness (QED) is 0.618. The normalized spacial score (nSPS) is 14.2. The number of hydrogen-bond acceptors (Lipinski definition) is 2. The topological polar surface area (TPSA) is 54.2 Å². The average molecular weight is 356 g/mol. The van der Waals surface area contributed by atoms with Gasteiger partial charge in [-0.3, -0.25) is 9.67 Å². The molecule has 0 bridgehead atoms. The van der Waals surface area contributed by atoms with Crippen LogP contribution < -0.4 is 10.6 Å². The van der Waals surface area contributed by atoms with Gasteiger partial charge in [-0.15, -0.1) is 0 Å². The van der Waals surface area contributed by atoms with E-state index in [0.29, 0.717) is 5.92 Å². The zero-order valence-electron chi connectivity index (χ0n) is 17.2. The zero-order chi connectivity index (χ0) is 19.3. The van der Waals surface area contributed by atoms with Crippen LogP contribution in [0.25, 0.3) is 0 Å². The number of guanidine groups is 1. The van der Waals surface area contributed by atoms with Crippen LogP contribution in [0.15, 0.2) is 29.3 Å². The van der Waals surface area contributed by atoms with Gasteiger partial charge in [0.1, 0.15) is 0 Å². The Balaban J connectivity index is 1.89. The van der Waals surface area contributed by atoms with E-state index in [0.717, 1.165) is 24.6 Å². The maximum atomic E-state index is 4.51. The van der Waals surface area contributed by atoms with Crippen molar-refractivity contribution in [2.24, 2.45) is 12.0 Å². The van der Waals surface area contributed by atoms with Gasteiger partial charge in [0.2, 0.25) is 0 Å². The smallest absolute Gasteiger partial charge is 0.191 e. The largest absolute Gasteiger partial charge is 0.356 e. The van der Waals surface area contributed by atoms with Gasteiger partial charge in [0.15, 0.2) is 5.96 Å². The highest BCUT2D eigenvalue weighted by Gasteiger charge is 2.14. The van der Waals surface area contributed by atoms with Crippen molar-refractivity contribution < 1.29 is 0 Å². The molecule has 1 aromatic heterocycles. The molecule has 1 aromatic carbocycles. The zero-order valence-corrected chi connectivity index (χ0v) is 17.2. The van der Waals surface area contributed by atoms with Crippen LogP contribution in [-0.4, -0.2) is 35.4 Å². The van der Waals surface area contributed by atoms with Crippen molar-refractivity contribution in [2.45, 2.75) is 53.0 Å². The van der Waals surface area contributed by atoms with Gasteiger partial charge in [-0.2, -0.15) is 5.10 Å². The van der Waals surface area contributed by atoms with Crippen molar-refractivity contribution in [3.63, 3.8) is 0 Å². The first kappa shape index (κ1) is 20.0. The van der Waals surface area contributed by atoms with Gasteiger partial charge >= 0.3 is 0 Å². The van der Waals surface area contributed by atoms with E-state index >= 15 is 0 Å². The Hall–Kier alpha value is -2.30. The lowest BCUT2D eigenvalue weighted by atomic mass is 10.0. The molecule has 2 atom stereocenters. The number of nitrogens with zero attached hydrogens (tertiary/aromatic N) is 3. The molecule has 2 rings (SSSR count). The van der Waals surface area contributed by atoms with Gasteiger partial charge in [0.05, 0.1) is 5.69 Å². The van der Waals surface area contributed by atoms with Crippen molar-refractivity contribution in [3.8, 4) is 0 Å². The Morgan fingerprint density at radius 3 is 2.35 bits per heavy atom. The van der Waals surface area contributed by atoms with Crippen LogP contribution in [0.2, 0.25) is 0 Å². The van der Waals surface area contributed by atoms with Gasteiger partial charge in [0.25, 0.3) is 0 Å². The first-order valence-corrected chi connectivity index (χ1v) is 9.34. The predicted octanol–water partition coefficient (Wildman–Crippen LogP) is 3.25. The second kappa shape index (κ2) is 8.88. The minimum atomic E-state index is 0.275. The summed E-state index contributed by atoms with van der Waals surface area (Å²) in [5.41, 5.74) is 6.28. The van der Waals surface area contributed by atoms with E-state index in [4.69, 9.17) is 0 Å². The number of hydrogen-bond donors (Lipinski definition) is 2. The Kier molecular flexibility index (Phi) is 6.83. The van der Waals surface area contributed by atoms with E-state index < -0.39 is 0 Å². The van der Waals surface area contributed by atoms with Crippen LogP contribution in [0.1, 0.15) is 47.8 Å². The first-order valence-electron chi connectivity index (χ1n) is 9.34. The molecule has 0 radical (unpaired) electrons. The van der Waals surface area contributed by atoms with E-state index in [2.05, 4.69) is 79.6 Å². The fourth-order valence-electron chi connectivity index (χ4n) is 3.16. The summed E-state index contributed by atoms with van der Waals surface area (Å²) in [5.74, 6) is 1.27. The highest BCUT2D eigenvalue weighted by Crippen LogP contribution is 2.15. The molecule has 2 unspecified atom stereocenters. The Labute approximate surface area is 157 Å². The van der Waals surface area contributed by atoms with Crippen molar-refractivity contribution in [2.75, 3.05) is 13.6 Å². The summed E-state index contributed by atoms with van der Waals surface area (Å²) in [6.45, 7) is 11.6. The van der Waals surface area contributed by atoms with Crippen LogP contribution in [0.4, 0.5) is 0 Å². The molecule has 0 saturated heterocycles. The lowest BCUT2D eigenvalue weighted by Crippen LogP contribution is -2.44. The second-order valence-electron chi connectivity index (χ2n) is 7.29. The third-order valence-electron chi connectivity index (χ3n) is 5.00. The van der Waals surface area contributed by atoms with Gasteiger partial charge < -0.3 is 10.6 Å². The predicted molar refractivity (Wildman–Crippen MR) is 110 cm³/mol. The van der Waals surface area contributed by atoms with Crippen molar-refractivity contribution in [1.29, 1.82) is 0 Å². The first-order chi connectivity index (χ1) is 12.3. The molecule has 142 valence electrons. The highest BCUT2D eigenvalue weighted by molar-refractivity contribution is 5.80. The molecule has 26 heavy (non-hydrogen) atoms. The molecule has 0 aliphatic carbocycles. The lowest BCUT2D eigenvalue weighted by Gasteiger charge is -2.20. The summed E-state index contributed by atoms with van der Waals surface area (Å²) >= 11 is 0. The van der Waals surface area contributed by atoms with Gasteiger partial charge in [0, 0.05) is 32.4 Å². The number of aromatic nitrogens is 2. The monoisotopic (exact) mass is 355 g/mol. The molecule has 2 N–H and O–H groups in total. The molecule has 0 fully saturated rings. The summed E-state index contributed by atoms with van der Waals surface area (Å²) in [7, 11) is 3.82. The number of benzene rings is 1. The second-order valence-corrected chi connectivity index (χ2v) is 7.29. The molecule has 0 spiro atoms. The summed E-state index contributed by atoms with van der Waals surface area (Å²) in [5, 5.41) is 11.5. The van der Waals surface area contributed by atoms with E-state index in [1.165, 1.54) is 22.4 Å². The van der Waals surface area contributed by atoms with E-state index in [-0.39, 0.29) is 6.04 Å². The Bertz CT molecular complexity index is 743. The maximum Gasteiger partial charge on any atom is 0.191 e. The molecular formula is C21H33N5. The van der Waals surface area contributed by atoms with Gasteiger partial charge in [-0.05, 0) is 51.2 Å². The van der Waals surface area contributed by atoms with Crippen molar-refractivity contribution >= 4 is 5.96 Å². The van der Waals surface area contributed by atoms with Crippen LogP contribution in [-0.2, 0) is 13.5 Å². The summed E-state index contributed by atoms with van der Waals surface area (Å²) < 4.78 is 1.95. The third-order valence-corrected chi connectivity index (χ3v) is 5.00.